The first-order valence-electron chi connectivity index (χ1n) is 4.93. The van der Waals surface area contributed by atoms with E-state index in [1.165, 1.54) is 5.56 Å². The highest BCUT2D eigenvalue weighted by Crippen LogP contribution is 2.20. The van der Waals surface area contributed by atoms with E-state index in [-0.39, 0.29) is 0 Å². The van der Waals surface area contributed by atoms with Crippen molar-refractivity contribution in [3.8, 4) is 0 Å². The van der Waals surface area contributed by atoms with E-state index in [0.717, 1.165) is 30.7 Å². The predicted octanol–water partition coefficient (Wildman–Crippen LogP) is 2.50. The molecule has 0 spiro atoms. The van der Waals surface area contributed by atoms with Crippen LogP contribution in [0.4, 0.5) is 0 Å². The molecule has 1 aliphatic rings. The van der Waals surface area contributed by atoms with Gasteiger partial charge in [-0.15, -0.1) is 0 Å². The Morgan fingerprint density at radius 1 is 1.21 bits per heavy atom. The molecular weight excluding hydrogens is 242 g/mol. The van der Waals surface area contributed by atoms with E-state index in [0.29, 0.717) is 6.04 Å². The fourth-order valence-electron chi connectivity index (χ4n) is 1.69. The van der Waals surface area contributed by atoms with Gasteiger partial charge in [-0.2, -0.15) is 0 Å². The molecule has 76 valence electrons. The maximum Gasteiger partial charge on any atom is 0.0591 e. The number of halogens is 1. The maximum absolute atomic E-state index is 5.40. The third kappa shape index (κ3) is 2.56. The SMILES string of the molecule is Brc1ccc(C2CCOCCN2)cc1. The van der Waals surface area contributed by atoms with Gasteiger partial charge in [-0.1, -0.05) is 28.1 Å². The highest BCUT2D eigenvalue weighted by Gasteiger charge is 2.12. The third-order valence-electron chi connectivity index (χ3n) is 2.46. The Balaban J connectivity index is 2.08. The van der Waals surface area contributed by atoms with Gasteiger partial charge in [0.1, 0.15) is 0 Å². The minimum absolute atomic E-state index is 0.450. The summed E-state index contributed by atoms with van der Waals surface area (Å²) in [6.07, 6.45) is 1.06. The highest BCUT2D eigenvalue weighted by atomic mass is 79.9. The Bertz CT molecular complexity index is 278. The molecule has 0 saturated carbocycles. The second-order valence-electron chi connectivity index (χ2n) is 3.46. The lowest BCUT2D eigenvalue weighted by Crippen LogP contribution is -2.21. The number of hydrogen-bond acceptors (Lipinski definition) is 2. The van der Waals surface area contributed by atoms with Gasteiger partial charge >= 0.3 is 0 Å². The van der Waals surface area contributed by atoms with Crippen LogP contribution in [-0.2, 0) is 4.74 Å². The molecule has 1 aliphatic heterocycles. The van der Waals surface area contributed by atoms with Crippen molar-refractivity contribution in [1.82, 2.24) is 5.32 Å². The zero-order valence-electron chi connectivity index (χ0n) is 8.00. The Morgan fingerprint density at radius 3 is 2.79 bits per heavy atom. The molecule has 1 aromatic carbocycles. The van der Waals surface area contributed by atoms with E-state index >= 15 is 0 Å². The van der Waals surface area contributed by atoms with Crippen LogP contribution >= 0.6 is 15.9 Å². The first kappa shape index (κ1) is 10.1. The third-order valence-corrected chi connectivity index (χ3v) is 2.99. The number of hydrogen-bond donors (Lipinski definition) is 1. The average molecular weight is 256 g/mol. The molecule has 1 N–H and O–H groups in total. The van der Waals surface area contributed by atoms with E-state index in [9.17, 15) is 0 Å². The van der Waals surface area contributed by atoms with Gasteiger partial charge in [0, 0.05) is 23.7 Å². The topological polar surface area (TPSA) is 21.3 Å². The van der Waals surface area contributed by atoms with Crippen molar-refractivity contribution in [3.63, 3.8) is 0 Å². The molecule has 14 heavy (non-hydrogen) atoms. The molecule has 0 aromatic heterocycles. The summed E-state index contributed by atoms with van der Waals surface area (Å²) >= 11 is 3.44. The van der Waals surface area contributed by atoms with Crippen LogP contribution in [0.1, 0.15) is 18.0 Å². The molecular formula is C11H14BrNO. The summed E-state index contributed by atoms with van der Waals surface area (Å²) in [4.78, 5) is 0. The van der Waals surface area contributed by atoms with Gasteiger partial charge in [0.15, 0.2) is 0 Å². The van der Waals surface area contributed by atoms with Crippen LogP contribution in [0.5, 0.6) is 0 Å². The summed E-state index contributed by atoms with van der Waals surface area (Å²) in [6, 6.07) is 8.94. The zero-order chi connectivity index (χ0) is 9.80. The maximum atomic E-state index is 5.40. The number of nitrogens with one attached hydrogen (secondary N) is 1. The van der Waals surface area contributed by atoms with Gasteiger partial charge in [0.05, 0.1) is 6.61 Å². The fraction of sp³-hybridized carbons (Fsp3) is 0.455. The standard InChI is InChI=1S/C11H14BrNO/c12-10-3-1-9(2-4-10)11-5-7-14-8-6-13-11/h1-4,11,13H,5-8H2. The van der Waals surface area contributed by atoms with Crippen LogP contribution in [0.15, 0.2) is 28.7 Å². The molecule has 0 radical (unpaired) electrons. The van der Waals surface area contributed by atoms with Gasteiger partial charge in [-0.25, -0.2) is 0 Å². The van der Waals surface area contributed by atoms with Crippen LogP contribution in [-0.4, -0.2) is 19.8 Å². The summed E-state index contributed by atoms with van der Waals surface area (Å²) in [5.41, 5.74) is 1.35. The number of ether oxygens (including phenoxy) is 1. The normalized spacial score (nSPS) is 23.1. The minimum Gasteiger partial charge on any atom is -0.380 e. The van der Waals surface area contributed by atoms with Gasteiger partial charge in [-0.3, -0.25) is 0 Å². The summed E-state index contributed by atoms with van der Waals surface area (Å²) < 4.78 is 6.53. The molecule has 1 atom stereocenters. The van der Waals surface area contributed by atoms with Crippen LogP contribution in [0.25, 0.3) is 0 Å². The van der Waals surface area contributed by atoms with E-state index in [4.69, 9.17) is 4.74 Å². The van der Waals surface area contributed by atoms with Crippen LogP contribution in [0, 0.1) is 0 Å². The summed E-state index contributed by atoms with van der Waals surface area (Å²) in [7, 11) is 0. The lowest BCUT2D eigenvalue weighted by Gasteiger charge is -2.15. The quantitative estimate of drug-likeness (QED) is 0.833. The average Bonchev–Trinajstić information content (AvgIpc) is 2.47. The highest BCUT2D eigenvalue weighted by molar-refractivity contribution is 9.10. The van der Waals surface area contributed by atoms with E-state index < -0.39 is 0 Å². The van der Waals surface area contributed by atoms with Crippen molar-refractivity contribution >= 4 is 15.9 Å². The first-order valence-corrected chi connectivity index (χ1v) is 5.72. The second kappa shape index (κ2) is 4.91. The summed E-state index contributed by atoms with van der Waals surface area (Å²) in [5.74, 6) is 0. The van der Waals surface area contributed by atoms with E-state index in [1.54, 1.807) is 0 Å². The monoisotopic (exact) mass is 255 g/mol. The van der Waals surface area contributed by atoms with Crippen molar-refractivity contribution < 1.29 is 4.74 Å². The summed E-state index contributed by atoms with van der Waals surface area (Å²) in [6.45, 7) is 2.63. The number of benzene rings is 1. The van der Waals surface area contributed by atoms with Crippen LogP contribution < -0.4 is 5.32 Å². The lowest BCUT2D eigenvalue weighted by molar-refractivity contribution is 0.150. The molecule has 1 unspecified atom stereocenters. The molecule has 1 aromatic rings. The zero-order valence-corrected chi connectivity index (χ0v) is 9.59. The molecule has 1 saturated heterocycles. The molecule has 2 rings (SSSR count). The fourth-order valence-corrected chi connectivity index (χ4v) is 1.95. The molecule has 3 heteroatoms. The molecule has 0 amide bonds. The summed E-state index contributed by atoms with van der Waals surface area (Å²) in [5, 5.41) is 3.48. The second-order valence-corrected chi connectivity index (χ2v) is 4.37. The van der Waals surface area contributed by atoms with Crippen LogP contribution in [0.3, 0.4) is 0 Å². The Morgan fingerprint density at radius 2 is 2.00 bits per heavy atom. The van der Waals surface area contributed by atoms with Crippen molar-refractivity contribution in [3.05, 3.63) is 34.3 Å². The predicted molar refractivity (Wildman–Crippen MR) is 60.3 cm³/mol. The van der Waals surface area contributed by atoms with Gasteiger partial charge in [0.2, 0.25) is 0 Å². The smallest absolute Gasteiger partial charge is 0.0591 e. The molecule has 1 fully saturated rings. The lowest BCUT2D eigenvalue weighted by atomic mass is 10.0. The Hall–Kier alpha value is -0.380. The van der Waals surface area contributed by atoms with Gasteiger partial charge in [-0.05, 0) is 24.1 Å². The van der Waals surface area contributed by atoms with Gasteiger partial charge < -0.3 is 10.1 Å². The van der Waals surface area contributed by atoms with E-state index in [2.05, 4.69) is 45.5 Å². The molecule has 2 nitrogen and oxygen atoms in total. The van der Waals surface area contributed by atoms with Crippen LogP contribution in [0.2, 0.25) is 0 Å². The first-order chi connectivity index (χ1) is 6.86. The van der Waals surface area contributed by atoms with Crippen molar-refractivity contribution in [1.29, 1.82) is 0 Å². The molecule has 0 aliphatic carbocycles. The van der Waals surface area contributed by atoms with Crippen molar-refractivity contribution in [2.45, 2.75) is 12.5 Å². The minimum atomic E-state index is 0.450. The Kier molecular flexibility index (Phi) is 3.56. The molecule has 1 heterocycles. The molecule has 0 bridgehead atoms. The number of rotatable bonds is 1. The van der Waals surface area contributed by atoms with Crippen molar-refractivity contribution in [2.24, 2.45) is 0 Å². The van der Waals surface area contributed by atoms with Gasteiger partial charge in [0.25, 0.3) is 0 Å². The Labute approximate surface area is 92.8 Å². The van der Waals surface area contributed by atoms with Crippen molar-refractivity contribution in [2.75, 3.05) is 19.8 Å². The largest absolute Gasteiger partial charge is 0.380 e. The van der Waals surface area contributed by atoms with E-state index in [1.807, 2.05) is 0 Å².